The Morgan fingerprint density at radius 2 is 0.943 bits per heavy atom. The van der Waals surface area contributed by atoms with Gasteiger partial charge in [-0.15, -0.1) is 0 Å². The summed E-state index contributed by atoms with van der Waals surface area (Å²) < 4.78 is 41.6. The Labute approximate surface area is 305 Å². The number of hydrogen-bond acceptors (Lipinski definition) is 20. The second-order valence-corrected chi connectivity index (χ2v) is 15.3. The molecule has 6 fully saturated rings. The molecule has 4 heterocycles. The minimum atomic E-state index is -1.80. The molecule has 21 unspecified atom stereocenters. The van der Waals surface area contributed by atoms with Crippen LogP contribution in [0.1, 0.15) is 44.9 Å². The van der Waals surface area contributed by atoms with Crippen LogP contribution in [0, 0.1) is 11.8 Å². The van der Waals surface area contributed by atoms with Gasteiger partial charge < -0.3 is 99.5 Å². The van der Waals surface area contributed by atoms with Gasteiger partial charge in [-0.3, -0.25) is 0 Å². The Morgan fingerprint density at radius 1 is 0.453 bits per heavy atom. The first-order valence-electron chi connectivity index (χ1n) is 18.5. The van der Waals surface area contributed by atoms with Crippen molar-refractivity contribution in [3.8, 4) is 0 Å². The molecule has 308 valence electrons. The Kier molecular flexibility index (Phi) is 14.0. The maximum atomic E-state index is 11.0. The van der Waals surface area contributed by atoms with Crippen LogP contribution in [0.4, 0.5) is 0 Å². The molecule has 2 aliphatic carbocycles. The lowest BCUT2D eigenvalue weighted by Crippen LogP contribution is -2.63. The molecule has 0 aromatic heterocycles. The van der Waals surface area contributed by atoms with Crippen LogP contribution in [-0.4, -0.2) is 215 Å². The van der Waals surface area contributed by atoms with Crippen LogP contribution in [0.3, 0.4) is 0 Å². The van der Waals surface area contributed by atoms with Gasteiger partial charge in [-0.1, -0.05) is 0 Å². The molecule has 0 radical (unpaired) electrons. The Bertz CT molecular complexity index is 1140. The summed E-state index contributed by atoms with van der Waals surface area (Å²) >= 11 is 0. The highest BCUT2D eigenvalue weighted by atomic mass is 16.7. The molecule has 2 saturated carbocycles. The number of aliphatic hydroxyl groups excluding tert-OH is 13. The van der Waals surface area contributed by atoms with Crippen LogP contribution in [0.15, 0.2) is 0 Å². The van der Waals surface area contributed by atoms with Gasteiger partial charge in [0.05, 0.1) is 56.4 Å². The average Bonchev–Trinajstić information content (AvgIpc) is 3.14. The van der Waals surface area contributed by atoms with Crippen molar-refractivity contribution in [1.29, 1.82) is 0 Å². The van der Waals surface area contributed by atoms with E-state index in [1.807, 2.05) is 0 Å². The molecule has 21 atom stereocenters. The lowest BCUT2D eigenvalue weighted by molar-refractivity contribution is -0.352. The van der Waals surface area contributed by atoms with Crippen molar-refractivity contribution in [3.05, 3.63) is 0 Å². The van der Waals surface area contributed by atoms with E-state index in [9.17, 15) is 66.4 Å². The molecule has 6 rings (SSSR count). The number of hydrogen-bond donors (Lipinski definition) is 13. The van der Waals surface area contributed by atoms with E-state index < -0.39 is 154 Å². The zero-order valence-electron chi connectivity index (χ0n) is 29.0. The van der Waals surface area contributed by atoms with Gasteiger partial charge in [0.15, 0.2) is 18.9 Å². The molecule has 53 heavy (non-hydrogen) atoms. The van der Waals surface area contributed by atoms with E-state index in [1.165, 1.54) is 0 Å². The summed E-state index contributed by atoms with van der Waals surface area (Å²) in [6.07, 6.45) is -25.6. The number of fused-ring (bicyclic) bond motifs is 1. The second kappa shape index (κ2) is 17.8. The molecule has 0 amide bonds. The predicted octanol–water partition coefficient (Wildman–Crippen LogP) is -6.34. The van der Waals surface area contributed by atoms with E-state index in [0.717, 1.165) is 0 Å². The lowest BCUT2D eigenvalue weighted by atomic mass is 9.73. The summed E-state index contributed by atoms with van der Waals surface area (Å²) in [6, 6.07) is 0. The summed E-state index contributed by atoms with van der Waals surface area (Å²) in [4.78, 5) is 0. The molecule has 13 N–H and O–H groups in total. The van der Waals surface area contributed by atoms with Crippen molar-refractivity contribution in [2.24, 2.45) is 11.8 Å². The summed E-state index contributed by atoms with van der Waals surface area (Å²) in [5, 5.41) is 135. The molecular formula is C33H56O20. The molecule has 20 nitrogen and oxygen atoms in total. The first-order chi connectivity index (χ1) is 25.2. The van der Waals surface area contributed by atoms with Gasteiger partial charge in [-0.2, -0.15) is 0 Å². The van der Waals surface area contributed by atoms with Gasteiger partial charge in [0.1, 0.15) is 73.2 Å². The third-order valence-electron chi connectivity index (χ3n) is 11.8. The van der Waals surface area contributed by atoms with Crippen molar-refractivity contribution >= 4 is 0 Å². The number of ether oxygens (including phenoxy) is 7. The average molecular weight is 773 g/mol. The summed E-state index contributed by atoms with van der Waals surface area (Å²) in [6.45, 7) is -1.93. The highest BCUT2D eigenvalue weighted by Gasteiger charge is 2.54. The van der Waals surface area contributed by atoms with Crippen molar-refractivity contribution in [2.75, 3.05) is 19.8 Å². The topological polar surface area (TPSA) is 328 Å². The summed E-state index contributed by atoms with van der Waals surface area (Å²) in [7, 11) is 0. The van der Waals surface area contributed by atoms with Crippen LogP contribution in [0.5, 0.6) is 0 Å². The van der Waals surface area contributed by atoms with Crippen LogP contribution < -0.4 is 0 Å². The van der Waals surface area contributed by atoms with Crippen molar-refractivity contribution in [2.45, 2.75) is 174 Å². The fourth-order valence-electron chi connectivity index (χ4n) is 8.59. The molecule has 0 aromatic carbocycles. The van der Waals surface area contributed by atoms with Gasteiger partial charge in [-0.25, -0.2) is 0 Å². The van der Waals surface area contributed by atoms with E-state index >= 15 is 0 Å². The zero-order chi connectivity index (χ0) is 38.3. The standard InChI is InChI=1S/C33H56O20/c34-8-18-21(38)24(41)27(44)31(51-18)47-10-20-23(40)26(43)29(46)33(53-20)50-17-7-14-15(48-30(17)11-1-3-12(36)4-2-11)5-13(37)6-16(14)49-32-28(45)25(42)22(39)19(9-35)52-32/h11-46H,1-10H2. The quantitative estimate of drug-likeness (QED) is 0.0982. The van der Waals surface area contributed by atoms with Crippen molar-refractivity contribution in [1.82, 2.24) is 0 Å². The Hall–Kier alpha value is -0.800. The molecule has 0 spiro atoms. The molecule has 4 saturated heterocycles. The van der Waals surface area contributed by atoms with Gasteiger partial charge in [0.2, 0.25) is 0 Å². The van der Waals surface area contributed by atoms with Gasteiger partial charge >= 0.3 is 0 Å². The normalized spacial score (nSPS) is 53.9. The minimum Gasteiger partial charge on any atom is -0.394 e. The maximum Gasteiger partial charge on any atom is 0.187 e. The fraction of sp³-hybridized carbons (Fsp3) is 1.00. The number of rotatable bonds is 10. The zero-order valence-corrected chi connectivity index (χ0v) is 29.0. The Balaban J connectivity index is 1.19. The third-order valence-corrected chi connectivity index (χ3v) is 11.8. The largest absolute Gasteiger partial charge is 0.394 e. The van der Waals surface area contributed by atoms with Gasteiger partial charge in [0.25, 0.3) is 0 Å². The van der Waals surface area contributed by atoms with Gasteiger partial charge in [-0.05, 0) is 44.4 Å². The first-order valence-corrected chi connectivity index (χ1v) is 18.5. The van der Waals surface area contributed by atoms with Crippen LogP contribution in [-0.2, 0) is 33.2 Å². The SMILES string of the molecule is OCC1OC(OCC2OC(OC3CC4C(OC5OC(CO)C(O)C(O)C5O)CC(O)CC4OC3C3CCC(O)CC3)C(O)C(O)C2O)C(O)C(O)C1O. The first kappa shape index (κ1) is 41.8. The predicted molar refractivity (Wildman–Crippen MR) is 170 cm³/mol. The second-order valence-electron chi connectivity index (χ2n) is 15.3. The number of aliphatic hydroxyl groups is 13. The smallest absolute Gasteiger partial charge is 0.187 e. The van der Waals surface area contributed by atoms with Crippen molar-refractivity contribution < 1.29 is 99.5 Å². The summed E-state index contributed by atoms with van der Waals surface area (Å²) in [5.74, 6) is -0.655. The van der Waals surface area contributed by atoms with E-state index in [0.29, 0.717) is 25.7 Å². The third kappa shape index (κ3) is 8.87. The Morgan fingerprint density at radius 3 is 1.51 bits per heavy atom. The highest BCUT2D eigenvalue weighted by Crippen LogP contribution is 2.45. The van der Waals surface area contributed by atoms with E-state index in [2.05, 4.69) is 0 Å². The molecular weight excluding hydrogens is 716 g/mol. The monoisotopic (exact) mass is 772 g/mol. The van der Waals surface area contributed by atoms with E-state index in [4.69, 9.17) is 33.2 Å². The lowest BCUT2D eigenvalue weighted by Gasteiger charge is -2.52. The highest BCUT2D eigenvalue weighted by molar-refractivity contribution is 5.00. The molecule has 0 aromatic rings. The van der Waals surface area contributed by atoms with E-state index in [-0.39, 0.29) is 25.2 Å². The maximum absolute atomic E-state index is 11.0. The van der Waals surface area contributed by atoms with E-state index in [1.54, 1.807) is 0 Å². The minimum absolute atomic E-state index is 0.0668. The molecule has 20 heteroatoms. The van der Waals surface area contributed by atoms with Crippen LogP contribution in [0.2, 0.25) is 0 Å². The molecule has 4 aliphatic heterocycles. The molecule has 6 aliphatic rings. The summed E-state index contributed by atoms with van der Waals surface area (Å²) in [5.41, 5.74) is 0. The van der Waals surface area contributed by atoms with Crippen molar-refractivity contribution in [3.63, 3.8) is 0 Å². The van der Waals surface area contributed by atoms with Crippen LogP contribution >= 0.6 is 0 Å². The van der Waals surface area contributed by atoms with Crippen LogP contribution in [0.25, 0.3) is 0 Å². The fourth-order valence-corrected chi connectivity index (χ4v) is 8.59. The molecule has 0 bridgehead atoms. The van der Waals surface area contributed by atoms with Gasteiger partial charge in [0, 0.05) is 12.3 Å².